The summed E-state index contributed by atoms with van der Waals surface area (Å²) in [5.41, 5.74) is 6.96. The van der Waals surface area contributed by atoms with Crippen LogP contribution in [-0.2, 0) is 0 Å². The normalized spacial score (nSPS) is 14.1. The molecule has 0 aliphatic heterocycles. The van der Waals surface area contributed by atoms with Crippen molar-refractivity contribution >= 4 is 5.96 Å². The fourth-order valence-electron chi connectivity index (χ4n) is 1.71. The third-order valence-corrected chi connectivity index (χ3v) is 2.54. The zero-order chi connectivity index (χ0) is 13.0. The van der Waals surface area contributed by atoms with Gasteiger partial charge in [-0.2, -0.15) is 0 Å². The number of aryl methyl sites for hydroxylation is 2. The quantitative estimate of drug-likeness (QED) is 0.624. The van der Waals surface area contributed by atoms with Gasteiger partial charge in [0.1, 0.15) is 11.5 Å². The highest BCUT2D eigenvalue weighted by Crippen LogP contribution is 2.20. The predicted molar refractivity (Wildman–Crippen MR) is 71.1 cm³/mol. The number of aliphatic imine (C=N–C) groups is 1. The van der Waals surface area contributed by atoms with Gasteiger partial charge in [-0.15, -0.1) is 0 Å². The SMILES string of the molecule is Cc1cc(C(C)NC(N)=NCC(C)C)c(C)o1. The topological polar surface area (TPSA) is 63.5 Å². The number of nitrogens with one attached hydrogen (secondary N) is 1. The zero-order valence-electron chi connectivity index (χ0n) is 11.4. The van der Waals surface area contributed by atoms with Crippen molar-refractivity contribution in [2.45, 2.75) is 40.7 Å². The van der Waals surface area contributed by atoms with Crippen LogP contribution in [0.4, 0.5) is 0 Å². The number of rotatable bonds is 4. The lowest BCUT2D eigenvalue weighted by Crippen LogP contribution is -2.34. The summed E-state index contributed by atoms with van der Waals surface area (Å²) in [7, 11) is 0. The molecular weight excluding hydrogens is 214 g/mol. The molecule has 4 heteroatoms. The molecule has 0 aromatic carbocycles. The highest BCUT2D eigenvalue weighted by Gasteiger charge is 2.12. The molecule has 17 heavy (non-hydrogen) atoms. The molecule has 1 atom stereocenters. The maximum atomic E-state index is 5.83. The van der Waals surface area contributed by atoms with E-state index in [0.29, 0.717) is 11.9 Å². The predicted octanol–water partition coefficient (Wildman–Crippen LogP) is 2.52. The summed E-state index contributed by atoms with van der Waals surface area (Å²) in [5, 5.41) is 3.17. The molecule has 0 saturated heterocycles. The Labute approximate surface area is 103 Å². The second kappa shape index (κ2) is 5.75. The van der Waals surface area contributed by atoms with E-state index in [2.05, 4.69) is 31.1 Å². The zero-order valence-corrected chi connectivity index (χ0v) is 11.4. The van der Waals surface area contributed by atoms with Gasteiger partial charge in [0.2, 0.25) is 0 Å². The summed E-state index contributed by atoms with van der Waals surface area (Å²) in [5.74, 6) is 2.86. The molecule has 1 heterocycles. The number of furan rings is 1. The van der Waals surface area contributed by atoms with Gasteiger partial charge < -0.3 is 15.5 Å². The van der Waals surface area contributed by atoms with E-state index in [1.165, 1.54) is 0 Å². The lowest BCUT2D eigenvalue weighted by Gasteiger charge is -2.14. The van der Waals surface area contributed by atoms with Crippen LogP contribution in [-0.4, -0.2) is 12.5 Å². The fourth-order valence-corrected chi connectivity index (χ4v) is 1.71. The minimum Gasteiger partial charge on any atom is -0.466 e. The van der Waals surface area contributed by atoms with Crippen molar-refractivity contribution in [3.63, 3.8) is 0 Å². The molecule has 0 amide bonds. The lowest BCUT2D eigenvalue weighted by atomic mass is 10.1. The summed E-state index contributed by atoms with van der Waals surface area (Å²) < 4.78 is 5.49. The Kier molecular flexibility index (Phi) is 4.61. The van der Waals surface area contributed by atoms with Crippen LogP contribution in [0.2, 0.25) is 0 Å². The fraction of sp³-hybridized carbons (Fsp3) is 0.615. The average molecular weight is 237 g/mol. The molecule has 1 rings (SSSR count). The Hall–Kier alpha value is -1.45. The monoisotopic (exact) mass is 237 g/mol. The van der Waals surface area contributed by atoms with Gasteiger partial charge in [-0.1, -0.05) is 13.8 Å². The van der Waals surface area contributed by atoms with Gasteiger partial charge in [-0.3, -0.25) is 4.99 Å². The second-order valence-corrected chi connectivity index (χ2v) is 4.85. The highest BCUT2D eigenvalue weighted by atomic mass is 16.3. The largest absolute Gasteiger partial charge is 0.466 e. The average Bonchev–Trinajstić information content (AvgIpc) is 2.55. The van der Waals surface area contributed by atoms with Gasteiger partial charge >= 0.3 is 0 Å². The highest BCUT2D eigenvalue weighted by molar-refractivity contribution is 5.78. The van der Waals surface area contributed by atoms with E-state index in [9.17, 15) is 0 Å². The third kappa shape index (κ3) is 4.13. The molecule has 0 saturated carbocycles. The summed E-state index contributed by atoms with van der Waals surface area (Å²) in [6.45, 7) is 10.9. The smallest absolute Gasteiger partial charge is 0.189 e. The summed E-state index contributed by atoms with van der Waals surface area (Å²) in [6.07, 6.45) is 0. The molecule has 1 unspecified atom stereocenters. The van der Waals surface area contributed by atoms with Crippen LogP contribution in [0.25, 0.3) is 0 Å². The maximum Gasteiger partial charge on any atom is 0.189 e. The van der Waals surface area contributed by atoms with Crippen molar-refractivity contribution in [1.29, 1.82) is 0 Å². The van der Waals surface area contributed by atoms with Crippen LogP contribution in [0.1, 0.15) is 43.9 Å². The van der Waals surface area contributed by atoms with E-state index >= 15 is 0 Å². The lowest BCUT2D eigenvalue weighted by molar-refractivity contribution is 0.497. The first kappa shape index (κ1) is 13.6. The molecular formula is C13H23N3O. The first-order valence-electron chi connectivity index (χ1n) is 6.03. The Morgan fingerprint density at radius 2 is 2.06 bits per heavy atom. The molecule has 0 fully saturated rings. The molecule has 3 N–H and O–H groups in total. The molecule has 0 spiro atoms. The molecule has 0 radical (unpaired) electrons. The number of hydrogen-bond acceptors (Lipinski definition) is 2. The van der Waals surface area contributed by atoms with Gasteiger partial charge in [0.05, 0.1) is 6.04 Å². The van der Waals surface area contributed by atoms with Gasteiger partial charge in [0.15, 0.2) is 5.96 Å². The Balaban J connectivity index is 2.63. The molecule has 1 aromatic heterocycles. The van der Waals surface area contributed by atoms with Crippen molar-refractivity contribution in [2.75, 3.05) is 6.54 Å². The van der Waals surface area contributed by atoms with Crippen LogP contribution in [0.5, 0.6) is 0 Å². The Morgan fingerprint density at radius 1 is 1.41 bits per heavy atom. The number of nitrogens with zero attached hydrogens (tertiary/aromatic N) is 1. The summed E-state index contributed by atoms with van der Waals surface area (Å²) in [4.78, 5) is 4.28. The van der Waals surface area contributed by atoms with Crippen molar-refractivity contribution in [2.24, 2.45) is 16.6 Å². The van der Waals surface area contributed by atoms with E-state index in [4.69, 9.17) is 10.2 Å². The molecule has 4 nitrogen and oxygen atoms in total. The molecule has 0 bridgehead atoms. The van der Waals surface area contributed by atoms with Gasteiger partial charge in [0.25, 0.3) is 0 Å². The van der Waals surface area contributed by atoms with E-state index in [1.807, 2.05) is 19.9 Å². The summed E-state index contributed by atoms with van der Waals surface area (Å²) >= 11 is 0. The second-order valence-electron chi connectivity index (χ2n) is 4.85. The number of hydrogen-bond donors (Lipinski definition) is 2. The van der Waals surface area contributed by atoms with Gasteiger partial charge in [-0.25, -0.2) is 0 Å². The minimum absolute atomic E-state index is 0.114. The first-order valence-corrected chi connectivity index (χ1v) is 6.03. The third-order valence-electron chi connectivity index (χ3n) is 2.54. The minimum atomic E-state index is 0.114. The van der Waals surface area contributed by atoms with E-state index in [1.54, 1.807) is 0 Å². The number of guanidine groups is 1. The summed E-state index contributed by atoms with van der Waals surface area (Å²) in [6, 6.07) is 2.14. The molecule has 0 aliphatic rings. The van der Waals surface area contributed by atoms with Crippen molar-refractivity contribution < 1.29 is 4.42 Å². The maximum absolute atomic E-state index is 5.83. The van der Waals surface area contributed by atoms with Crippen molar-refractivity contribution in [1.82, 2.24) is 5.32 Å². The van der Waals surface area contributed by atoms with Crippen LogP contribution >= 0.6 is 0 Å². The standard InChI is InChI=1S/C13H23N3O/c1-8(2)7-15-13(14)16-10(4)12-6-9(3)17-11(12)5/h6,8,10H,7H2,1-5H3,(H3,14,15,16). The van der Waals surface area contributed by atoms with Crippen LogP contribution in [0, 0.1) is 19.8 Å². The number of nitrogens with two attached hydrogens (primary N) is 1. The molecule has 1 aromatic rings. The van der Waals surface area contributed by atoms with E-state index in [-0.39, 0.29) is 6.04 Å². The Morgan fingerprint density at radius 3 is 2.53 bits per heavy atom. The van der Waals surface area contributed by atoms with Crippen LogP contribution < -0.4 is 11.1 Å². The molecule has 0 aliphatic carbocycles. The Bertz CT molecular complexity index is 393. The molecule has 96 valence electrons. The van der Waals surface area contributed by atoms with Crippen molar-refractivity contribution in [3.05, 3.63) is 23.2 Å². The van der Waals surface area contributed by atoms with Gasteiger partial charge in [0, 0.05) is 12.1 Å². The first-order chi connectivity index (χ1) is 7.90. The van der Waals surface area contributed by atoms with Crippen LogP contribution in [0.3, 0.4) is 0 Å². The van der Waals surface area contributed by atoms with Crippen LogP contribution in [0.15, 0.2) is 15.5 Å². The van der Waals surface area contributed by atoms with E-state index in [0.717, 1.165) is 23.6 Å². The van der Waals surface area contributed by atoms with E-state index < -0.39 is 0 Å². The van der Waals surface area contributed by atoms with Gasteiger partial charge in [-0.05, 0) is 32.8 Å². The van der Waals surface area contributed by atoms with Crippen molar-refractivity contribution in [3.8, 4) is 0 Å².